The molecule has 100 valence electrons. The number of nitrogens with one attached hydrogen (secondary N) is 1. The molecule has 0 radical (unpaired) electrons. The van der Waals surface area contributed by atoms with Crippen molar-refractivity contribution in [2.45, 2.75) is 26.8 Å². The molecule has 0 aliphatic rings. The van der Waals surface area contributed by atoms with Crippen LogP contribution in [0.2, 0.25) is 0 Å². The van der Waals surface area contributed by atoms with Crippen LogP contribution in [0.5, 0.6) is 0 Å². The Labute approximate surface area is 109 Å². The minimum absolute atomic E-state index is 0.102. The maximum atomic E-state index is 11.3. The topological polar surface area (TPSA) is 58.4 Å². The van der Waals surface area contributed by atoms with Gasteiger partial charge in [-0.1, -0.05) is 12.1 Å². The molecule has 0 aliphatic heterocycles. The van der Waals surface area contributed by atoms with Gasteiger partial charge in [-0.2, -0.15) is 0 Å². The standard InChI is InChI=1S/C14H23N3O/c1-4-17(9-8-16-14(18)12(3)15)13-7-5-6-11(2)10-13/h5-7,10,12H,4,8-9,15H2,1-3H3,(H,16,18)/t12-/m1/s1. The molecule has 1 amide bonds. The van der Waals surface area contributed by atoms with Crippen molar-refractivity contribution in [1.82, 2.24) is 5.32 Å². The molecule has 0 unspecified atom stereocenters. The predicted molar refractivity (Wildman–Crippen MR) is 75.7 cm³/mol. The third kappa shape index (κ3) is 4.37. The Morgan fingerprint density at radius 1 is 1.50 bits per heavy atom. The molecule has 4 nitrogen and oxygen atoms in total. The van der Waals surface area contributed by atoms with E-state index in [-0.39, 0.29) is 5.91 Å². The number of aryl methyl sites for hydroxylation is 1. The molecule has 0 saturated heterocycles. The summed E-state index contributed by atoms with van der Waals surface area (Å²) in [5.41, 5.74) is 7.92. The average molecular weight is 249 g/mol. The van der Waals surface area contributed by atoms with E-state index in [0.717, 1.165) is 13.1 Å². The van der Waals surface area contributed by atoms with Crippen molar-refractivity contribution in [3.8, 4) is 0 Å². The van der Waals surface area contributed by atoms with Crippen molar-refractivity contribution in [2.24, 2.45) is 5.73 Å². The van der Waals surface area contributed by atoms with Crippen molar-refractivity contribution < 1.29 is 4.79 Å². The Morgan fingerprint density at radius 3 is 2.78 bits per heavy atom. The second-order valence-electron chi connectivity index (χ2n) is 4.50. The van der Waals surface area contributed by atoms with Gasteiger partial charge in [-0.25, -0.2) is 0 Å². The van der Waals surface area contributed by atoms with E-state index >= 15 is 0 Å². The minimum atomic E-state index is -0.445. The highest BCUT2D eigenvalue weighted by atomic mass is 16.2. The van der Waals surface area contributed by atoms with Gasteiger partial charge in [0.2, 0.25) is 5.91 Å². The summed E-state index contributed by atoms with van der Waals surface area (Å²) in [7, 11) is 0. The molecule has 0 fully saturated rings. The number of hydrogen-bond donors (Lipinski definition) is 2. The number of carbonyl (C=O) groups excluding carboxylic acids is 1. The van der Waals surface area contributed by atoms with Gasteiger partial charge in [0.25, 0.3) is 0 Å². The van der Waals surface area contributed by atoms with Gasteiger partial charge in [-0.3, -0.25) is 4.79 Å². The van der Waals surface area contributed by atoms with E-state index < -0.39 is 6.04 Å². The van der Waals surface area contributed by atoms with Gasteiger partial charge >= 0.3 is 0 Å². The molecule has 18 heavy (non-hydrogen) atoms. The third-order valence-electron chi connectivity index (χ3n) is 2.84. The maximum absolute atomic E-state index is 11.3. The average Bonchev–Trinajstić information content (AvgIpc) is 2.34. The normalized spacial score (nSPS) is 12.0. The van der Waals surface area contributed by atoms with Gasteiger partial charge < -0.3 is 16.0 Å². The van der Waals surface area contributed by atoms with Crippen LogP contribution < -0.4 is 16.0 Å². The number of likely N-dealkylation sites (N-methyl/N-ethyl adjacent to an activating group) is 1. The van der Waals surface area contributed by atoms with Gasteiger partial charge in [-0.15, -0.1) is 0 Å². The Kier molecular flexibility index (Phi) is 5.65. The molecule has 0 bridgehead atoms. The number of nitrogens with two attached hydrogens (primary N) is 1. The van der Waals surface area contributed by atoms with Crippen molar-refractivity contribution in [3.05, 3.63) is 29.8 Å². The molecule has 0 aromatic heterocycles. The van der Waals surface area contributed by atoms with Gasteiger partial charge in [-0.05, 0) is 38.5 Å². The summed E-state index contributed by atoms with van der Waals surface area (Å²) in [5, 5.41) is 2.83. The summed E-state index contributed by atoms with van der Waals surface area (Å²) in [6.45, 7) is 8.19. The van der Waals surface area contributed by atoms with E-state index in [1.165, 1.54) is 11.3 Å². The number of nitrogens with zero attached hydrogens (tertiary/aromatic N) is 1. The fourth-order valence-corrected chi connectivity index (χ4v) is 1.77. The second-order valence-corrected chi connectivity index (χ2v) is 4.50. The monoisotopic (exact) mass is 249 g/mol. The lowest BCUT2D eigenvalue weighted by atomic mass is 10.2. The number of carbonyl (C=O) groups is 1. The Morgan fingerprint density at radius 2 is 2.22 bits per heavy atom. The van der Waals surface area contributed by atoms with Crippen LogP contribution in [-0.2, 0) is 4.79 Å². The maximum Gasteiger partial charge on any atom is 0.236 e. The largest absolute Gasteiger partial charge is 0.370 e. The van der Waals surface area contributed by atoms with E-state index in [1.807, 2.05) is 6.07 Å². The number of benzene rings is 1. The van der Waals surface area contributed by atoms with Crippen molar-refractivity contribution in [1.29, 1.82) is 0 Å². The summed E-state index contributed by atoms with van der Waals surface area (Å²) in [6, 6.07) is 7.92. The fraction of sp³-hybridized carbons (Fsp3) is 0.500. The summed E-state index contributed by atoms with van der Waals surface area (Å²) in [5.74, 6) is -0.102. The zero-order valence-electron chi connectivity index (χ0n) is 11.4. The SMILES string of the molecule is CCN(CCNC(=O)[C@@H](C)N)c1cccc(C)c1. The van der Waals surface area contributed by atoms with Crippen molar-refractivity contribution in [3.63, 3.8) is 0 Å². The van der Waals surface area contributed by atoms with Gasteiger partial charge in [0.1, 0.15) is 0 Å². The molecular formula is C14H23N3O. The molecular weight excluding hydrogens is 226 g/mol. The van der Waals surface area contributed by atoms with Crippen LogP contribution in [0.1, 0.15) is 19.4 Å². The van der Waals surface area contributed by atoms with Crippen LogP contribution in [0.25, 0.3) is 0 Å². The summed E-state index contributed by atoms with van der Waals surface area (Å²) in [6.07, 6.45) is 0. The van der Waals surface area contributed by atoms with Gasteiger partial charge in [0.05, 0.1) is 6.04 Å². The first-order valence-corrected chi connectivity index (χ1v) is 6.39. The van der Waals surface area contributed by atoms with Crippen LogP contribution in [0.15, 0.2) is 24.3 Å². The van der Waals surface area contributed by atoms with E-state index in [0.29, 0.717) is 6.54 Å². The van der Waals surface area contributed by atoms with Gasteiger partial charge in [0.15, 0.2) is 0 Å². The minimum Gasteiger partial charge on any atom is -0.370 e. The van der Waals surface area contributed by atoms with E-state index in [4.69, 9.17) is 5.73 Å². The number of anilines is 1. The van der Waals surface area contributed by atoms with Crippen LogP contribution in [0, 0.1) is 6.92 Å². The molecule has 1 aromatic carbocycles. The lowest BCUT2D eigenvalue weighted by Crippen LogP contribution is -2.42. The number of rotatable bonds is 6. The highest BCUT2D eigenvalue weighted by molar-refractivity contribution is 5.80. The molecule has 3 N–H and O–H groups in total. The first-order chi connectivity index (χ1) is 8.54. The van der Waals surface area contributed by atoms with Crippen LogP contribution in [0.4, 0.5) is 5.69 Å². The highest BCUT2D eigenvalue weighted by Crippen LogP contribution is 2.14. The smallest absolute Gasteiger partial charge is 0.236 e. The Balaban J connectivity index is 2.50. The summed E-state index contributed by atoms with van der Waals surface area (Å²) < 4.78 is 0. The summed E-state index contributed by atoms with van der Waals surface area (Å²) in [4.78, 5) is 13.6. The van der Waals surface area contributed by atoms with Crippen molar-refractivity contribution >= 4 is 11.6 Å². The third-order valence-corrected chi connectivity index (χ3v) is 2.84. The number of hydrogen-bond acceptors (Lipinski definition) is 3. The zero-order chi connectivity index (χ0) is 13.5. The van der Waals surface area contributed by atoms with E-state index in [2.05, 4.69) is 42.3 Å². The molecule has 0 spiro atoms. The van der Waals surface area contributed by atoms with Crippen LogP contribution in [-0.4, -0.2) is 31.6 Å². The quantitative estimate of drug-likeness (QED) is 0.798. The van der Waals surface area contributed by atoms with E-state index in [9.17, 15) is 4.79 Å². The van der Waals surface area contributed by atoms with E-state index in [1.54, 1.807) is 6.92 Å². The van der Waals surface area contributed by atoms with Crippen molar-refractivity contribution in [2.75, 3.05) is 24.5 Å². The highest BCUT2D eigenvalue weighted by Gasteiger charge is 2.08. The molecule has 0 heterocycles. The molecule has 1 aromatic rings. The lowest BCUT2D eigenvalue weighted by Gasteiger charge is -2.23. The predicted octanol–water partition coefficient (Wildman–Crippen LogP) is 1.28. The zero-order valence-corrected chi connectivity index (χ0v) is 11.4. The second kappa shape index (κ2) is 7.01. The number of amides is 1. The summed E-state index contributed by atoms with van der Waals surface area (Å²) >= 11 is 0. The Bertz CT molecular complexity index is 390. The Hall–Kier alpha value is -1.55. The molecule has 4 heteroatoms. The fourth-order valence-electron chi connectivity index (χ4n) is 1.77. The van der Waals surface area contributed by atoms with Gasteiger partial charge in [0, 0.05) is 25.3 Å². The molecule has 1 atom stereocenters. The lowest BCUT2D eigenvalue weighted by molar-refractivity contribution is -0.121. The first-order valence-electron chi connectivity index (χ1n) is 6.39. The van der Waals surface area contributed by atoms with Crippen LogP contribution in [0.3, 0.4) is 0 Å². The first kappa shape index (κ1) is 14.5. The molecule has 1 rings (SSSR count). The molecule has 0 aliphatic carbocycles. The molecule has 0 saturated carbocycles. The van der Waals surface area contributed by atoms with Crippen LogP contribution >= 0.6 is 0 Å².